The third-order valence-electron chi connectivity index (χ3n) is 3.05. The molecule has 1 unspecified atom stereocenters. The number of carbonyl (C=O) groups is 1. The molecule has 0 aromatic heterocycles. The summed E-state index contributed by atoms with van der Waals surface area (Å²) in [6.45, 7) is 1.69. The molecule has 1 fully saturated rings. The first-order valence-corrected chi connectivity index (χ1v) is 6.54. The first kappa shape index (κ1) is 14.3. The highest BCUT2D eigenvalue weighted by atomic mass is 16.6. The fraction of sp³-hybridized carbons (Fsp3) is 0.462. The van der Waals surface area contributed by atoms with E-state index in [4.69, 9.17) is 4.74 Å². The highest BCUT2D eigenvalue weighted by molar-refractivity contribution is 5.80. The minimum atomic E-state index is -0.439. The van der Waals surface area contributed by atoms with Crippen molar-refractivity contribution in [2.24, 2.45) is 0 Å². The van der Waals surface area contributed by atoms with Gasteiger partial charge in [0.25, 0.3) is 5.69 Å². The molecule has 108 valence electrons. The summed E-state index contributed by atoms with van der Waals surface area (Å²) < 4.78 is 5.27. The first-order chi connectivity index (χ1) is 9.66. The van der Waals surface area contributed by atoms with Crippen molar-refractivity contribution in [1.82, 2.24) is 5.32 Å². The molecule has 0 saturated carbocycles. The first-order valence-electron chi connectivity index (χ1n) is 6.54. The predicted molar refractivity (Wildman–Crippen MR) is 73.6 cm³/mol. The molecule has 7 nitrogen and oxygen atoms in total. The van der Waals surface area contributed by atoms with Crippen molar-refractivity contribution in [3.8, 4) is 0 Å². The molecular formula is C13H17N3O4. The maximum atomic E-state index is 11.6. The summed E-state index contributed by atoms with van der Waals surface area (Å²) in [5, 5.41) is 16.4. The number of ether oxygens (including phenoxy) is 1. The van der Waals surface area contributed by atoms with E-state index in [0.717, 1.165) is 18.5 Å². The number of nitro benzene ring substituents is 1. The van der Waals surface area contributed by atoms with Crippen LogP contribution in [0.25, 0.3) is 0 Å². The van der Waals surface area contributed by atoms with Gasteiger partial charge in [-0.3, -0.25) is 14.9 Å². The van der Waals surface area contributed by atoms with Crippen LogP contribution >= 0.6 is 0 Å². The predicted octanol–water partition coefficient (Wildman–Crippen LogP) is 1.30. The van der Waals surface area contributed by atoms with Crippen molar-refractivity contribution >= 4 is 17.3 Å². The molecule has 20 heavy (non-hydrogen) atoms. The van der Waals surface area contributed by atoms with Crippen LogP contribution in [-0.4, -0.2) is 36.6 Å². The number of rotatable bonds is 6. The Morgan fingerprint density at radius 1 is 1.35 bits per heavy atom. The van der Waals surface area contributed by atoms with Crippen LogP contribution < -0.4 is 10.6 Å². The summed E-state index contributed by atoms with van der Waals surface area (Å²) in [5.74, 6) is -0.0759. The number of hydrogen-bond donors (Lipinski definition) is 2. The van der Waals surface area contributed by atoms with E-state index in [1.165, 1.54) is 12.1 Å². The molecule has 0 radical (unpaired) electrons. The average Bonchev–Trinajstić information content (AvgIpc) is 2.98. The topological polar surface area (TPSA) is 93.5 Å². The Morgan fingerprint density at radius 2 is 2.10 bits per heavy atom. The van der Waals surface area contributed by atoms with Crippen molar-refractivity contribution < 1.29 is 14.5 Å². The van der Waals surface area contributed by atoms with E-state index in [1.807, 2.05) is 0 Å². The minimum Gasteiger partial charge on any atom is -0.383 e. The largest absolute Gasteiger partial charge is 0.383 e. The van der Waals surface area contributed by atoms with Gasteiger partial charge in [-0.25, -0.2) is 0 Å². The van der Waals surface area contributed by atoms with Crippen LogP contribution in [0.1, 0.15) is 12.8 Å². The molecule has 1 aromatic rings. The second kappa shape index (κ2) is 6.85. The second-order valence-corrected chi connectivity index (χ2v) is 4.52. The number of carbonyl (C=O) groups excluding carboxylic acids is 1. The van der Waals surface area contributed by atoms with Crippen LogP contribution in [0.2, 0.25) is 0 Å². The lowest BCUT2D eigenvalue weighted by Crippen LogP contribution is -2.36. The average molecular weight is 279 g/mol. The highest BCUT2D eigenvalue weighted by Gasteiger charge is 2.22. The molecule has 2 rings (SSSR count). The van der Waals surface area contributed by atoms with Gasteiger partial charge in [-0.15, -0.1) is 0 Å². The highest BCUT2D eigenvalue weighted by Crippen LogP contribution is 2.15. The number of non-ortho nitro benzene ring substituents is 1. The number of hydrogen-bond acceptors (Lipinski definition) is 5. The summed E-state index contributed by atoms with van der Waals surface area (Å²) in [7, 11) is 0. The van der Waals surface area contributed by atoms with Gasteiger partial charge in [0.15, 0.2) is 0 Å². The summed E-state index contributed by atoms with van der Waals surface area (Å²) >= 11 is 0. The zero-order valence-electron chi connectivity index (χ0n) is 11.0. The number of amides is 1. The van der Waals surface area contributed by atoms with E-state index < -0.39 is 4.92 Å². The molecule has 1 saturated heterocycles. The smallest absolute Gasteiger partial charge is 0.269 e. The van der Waals surface area contributed by atoms with Crippen molar-refractivity contribution in [1.29, 1.82) is 0 Å². The van der Waals surface area contributed by atoms with E-state index in [2.05, 4.69) is 10.6 Å². The Morgan fingerprint density at radius 3 is 2.70 bits per heavy atom. The third-order valence-corrected chi connectivity index (χ3v) is 3.05. The standard InChI is InChI=1S/C13H17N3O4/c17-13(12-2-1-9-20-12)15-8-7-14-10-3-5-11(6-4-10)16(18)19/h3-6,12,14H,1-2,7-9H2,(H,15,17). The number of benzene rings is 1. The quantitative estimate of drug-likeness (QED) is 0.465. The Kier molecular flexibility index (Phi) is 4.89. The summed E-state index contributed by atoms with van der Waals surface area (Å²) in [6, 6.07) is 6.15. The zero-order chi connectivity index (χ0) is 14.4. The molecule has 1 aliphatic heterocycles. The molecule has 0 aliphatic carbocycles. The molecule has 2 N–H and O–H groups in total. The van der Waals surface area contributed by atoms with Crippen molar-refractivity contribution in [2.75, 3.05) is 25.0 Å². The van der Waals surface area contributed by atoms with E-state index in [-0.39, 0.29) is 17.7 Å². The zero-order valence-corrected chi connectivity index (χ0v) is 11.0. The molecule has 1 amide bonds. The van der Waals surface area contributed by atoms with E-state index in [1.54, 1.807) is 12.1 Å². The maximum Gasteiger partial charge on any atom is 0.269 e. The van der Waals surface area contributed by atoms with Crippen LogP contribution in [0.3, 0.4) is 0 Å². The molecular weight excluding hydrogens is 262 g/mol. The van der Waals surface area contributed by atoms with Gasteiger partial charge in [-0.1, -0.05) is 0 Å². The lowest BCUT2D eigenvalue weighted by molar-refractivity contribution is -0.384. The molecule has 0 bridgehead atoms. The van der Waals surface area contributed by atoms with Gasteiger partial charge in [0.05, 0.1) is 4.92 Å². The lowest BCUT2D eigenvalue weighted by Gasteiger charge is -2.11. The van der Waals surface area contributed by atoms with Crippen molar-refractivity contribution in [3.05, 3.63) is 34.4 Å². The fourth-order valence-corrected chi connectivity index (χ4v) is 1.99. The van der Waals surface area contributed by atoms with Gasteiger partial charge in [0.2, 0.25) is 5.91 Å². The second-order valence-electron chi connectivity index (χ2n) is 4.52. The van der Waals surface area contributed by atoms with Crippen LogP contribution in [-0.2, 0) is 9.53 Å². The van der Waals surface area contributed by atoms with E-state index in [9.17, 15) is 14.9 Å². The molecule has 0 spiro atoms. The Labute approximate surface area is 116 Å². The van der Waals surface area contributed by atoms with Crippen LogP contribution in [0.15, 0.2) is 24.3 Å². The molecule has 1 aliphatic rings. The SMILES string of the molecule is O=C(NCCNc1ccc([N+](=O)[O-])cc1)C1CCCO1. The van der Waals surface area contributed by atoms with E-state index in [0.29, 0.717) is 19.7 Å². The molecule has 1 heterocycles. The number of nitrogens with zero attached hydrogens (tertiary/aromatic N) is 1. The van der Waals surface area contributed by atoms with Crippen LogP contribution in [0.4, 0.5) is 11.4 Å². The normalized spacial score (nSPS) is 17.7. The molecule has 7 heteroatoms. The van der Waals surface area contributed by atoms with Gasteiger partial charge in [-0.2, -0.15) is 0 Å². The summed E-state index contributed by atoms with van der Waals surface area (Å²) in [4.78, 5) is 21.7. The van der Waals surface area contributed by atoms with Crippen molar-refractivity contribution in [3.63, 3.8) is 0 Å². The summed E-state index contributed by atoms with van der Waals surface area (Å²) in [5.41, 5.74) is 0.837. The van der Waals surface area contributed by atoms with Gasteiger partial charge in [0.1, 0.15) is 6.10 Å². The van der Waals surface area contributed by atoms with Gasteiger partial charge in [0, 0.05) is 37.5 Å². The monoisotopic (exact) mass is 279 g/mol. The molecule has 1 aromatic carbocycles. The number of anilines is 1. The van der Waals surface area contributed by atoms with Crippen LogP contribution in [0, 0.1) is 10.1 Å². The molecule has 1 atom stereocenters. The lowest BCUT2D eigenvalue weighted by atomic mass is 10.2. The van der Waals surface area contributed by atoms with Gasteiger partial charge >= 0.3 is 0 Å². The third kappa shape index (κ3) is 3.92. The number of nitro groups is 1. The van der Waals surface area contributed by atoms with Crippen molar-refractivity contribution in [2.45, 2.75) is 18.9 Å². The number of nitrogens with one attached hydrogen (secondary N) is 2. The Bertz CT molecular complexity index is 469. The van der Waals surface area contributed by atoms with E-state index >= 15 is 0 Å². The fourth-order valence-electron chi connectivity index (χ4n) is 1.99. The minimum absolute atomic E-state index is 0.0576. The van der Waals surface area contributed by atoms with Gasteiger partial charge in [-0.05, 0) is 25.0 Å². The van der Waals surface area contributed by atoms with Gasteiger partial charge < -0.3 is 15.4 Å². The summed E-state index contributed by atoms with van der Waals surface area (Å²) in [6.07, 6.45) is 1.40. The Hall–Kier alpha value is -2.15. The van der Waals surface area contributed by atoms with Crippen LogP contribution in [0.5, 0.6) is 0 Å². The Balaban J connectivity index is 1.67. The maximum absolute atomic E-state index is 11.6.